The first kappa shape index (κ1) is 25.5. The summed E-state index contributed by atoms with van der Waals surface area (Å²) >= 11 is 0. The van der Waals surface area contributed by atoms with Gasteiger partial charge in [-0.3, -0.25) is 0 Å². The molecule has 1 heterocycles. The molecule has 10 nitrogen and oxygen atoms in total. The van der Waals surface area contributed by atoms with Crippen molar-refractivity contribution in [3.05, 3.63) is 53.2 Å². The Bertz CT molecular complexity index is 1120. The summed E-state index contributed by atoms with van der Waals surface area (Å²) in [7, 11) is 3.42. The van der Waals surface area contributed by atoms with Gasteiger partial charge in [0.05, 0.1) is 46.9 Å². The van der Waals surface area contributed by atoms with Crippen molar-refractivity contribution in [2.24, 2.45) is 0 Å². The minimum atomic E-state index is -3.70. The third-order valence-corrected chi connectivity index (χ3v) is 5.61. The summed E-state index contributed by atoms with van der Waals surface area (Å²) in [6.07, 6.45) is 5.31. The van der Waals surface area contributed by atoms with Crippen molar-refractivity contribution >= 4 is 27.6 Å². The first-order valence-corrected chi connectivity index (χ1v) is 11.2. The van der Waals surface area contributed by atoms with Crippen LogP contribution >= 0.6 is 0 Å². The Morgan fingerprint density at radius 3 is 2.21 bits per heavy atom. The second kappa shape index (κ2) is 11.8. The maximum atomic E-state index is 12.8. The van der Waals surface area contributed by atoms with Crippen LogP contribution in [0.3, 0.4) is 0 Å². The van der Waals surface area contributed by atoms with E-state index in [1.165, 1.54) is 60.1 Å². The number of carbonyl (C=O) groups excluding carboxylic acids is 1. The SMILES string of the molecule is COC(=O)/C=C/Nc1cc(CS(=O)(=O)/C=C/c2c(OC)cc(OC)cc2OC)cnc1OC. The molecule has 1 N–H and O–H groups in total. The quantitative estimate of drug-likeness (QED) is 0.381. The summed E-state index contributed by atoms with van der Waals surface area (Å²) in [6.45, 7) is 0. The Morgan fingerprint density at radius 2 is 1.67 bits per heavy atom. The fourth-order valence-corrected chi connectivity index (χ4v) is 3.82. The third kappa shape index (κ3) is 7.14. The molecule has 2 rings (SSSR count). The largest absolute Gasteiger partial charge is 0.496 e. The van der Waals surface area contributed by atoms with Crippen molar-refractivity contribution in [3.8, 4) is 23.1 Å². The predicted molar refractivity (Wildman–Crippen MR) is 123 cm³/mol. The van der Waals surface area contributed by atoms with Crippen molar-refractivity contribution < 1.29 is 36.9 Å². The van der Waals surface area contributed by atoms with E-state index in [0.717, 1.165) is 5.41 Å². The van der Waals surface area contributed by atoms with Crippen LogP contribution in [0.5, 0.6) is 23.1 Å². The zero-order chi connectivity index (χ0) is 24.4. The van der Waals surface area contributed by atoms with Crippen molar-refractivity contribution in [1.29, 1.82) is 0 Å². The highest BCUT2D eigenvalue weighted by molar-refractivity contribution is 7.93. The Balaban J connectivity index is 2.29. The average Bonchev–Trinajstić information content (AvgIpc) is 2.81. The summed E-state index contributed by atoms with van der Waals surface area (Å²) in [5, 5.41) is 3.91. The van der Waals surface area contributed by atoms with Gasteiger partial charge >= 0.3 is 5.97 Å². The van der Waals surface area contributed by atoms with Gasteiger partial charge in [0, 0.05) is 36.0 Å². The first-order valence-electron chi connectivity index (χ1n) is 9.51. The van der Waals surface area contributed by atoms with Gasteiger partial charge in [-0.2, -0.15) is 0 Å². The van der Waals surface area contributed by atoms with Gasteiger partial charge in [0.1, 0.15) is 22.9 Å². The molecule has 0 radical (unpaired) electrons. The zero-order valence-electron chi connectivity index (χ0n) is 18.9. The molecular weight excluding hydrogens is 452 g/mol. The van der Waals surface area contributed by atoms with Gasteiger partial charge in [-0.15, -0.1) is 0 Å². The smallest absolute Gasteiger partial charge is 0.331 e. The number of nitrogens with zero attached hydrogens (tertiary/aromatic N) is 1. The van der Waals surface area contributed by atoms with E-state index in [-0.39, 0.29) is 11.6 Å². The number of sulfone groups is 1. The van der Waals surface area contributed by atoms with E-state index in [0.29, 0.717) is 34.1 Å². The number of hydrogen-bond acceptors (Lipinski definition) is 10. The standard InChI is InChI=1S/C22H26N2O8S/c1-28-16-11-19(29-2)17(20(12-16)30-3)7-9-33(26,27)14-15-10-18(22(32-5)24-13-15)23-8-6-21(25)31-4/h6-13,23H,14H2,1-5H3/b8-6+,9-7+. The fraction of sp³-hybridized carbons (Fsp3) is 0.273. The average molecular weight is 479 g/mol. The van der Waals surface area contributed by atoms with Crippen molar-refractivity contribution in [3.63, 3.8) is 0 Å². The molecule has 1 aromatic carbocycles. The molecule has 2 aromatic rings. The number of hydrogen-bond donors (Lipinski definition) is 1. The van der Waals surface area contributed by atoms with Gasteiger partial charge in [0.2, 0.25) is 5.88 Å². The molecule has 0 aliphatic carbocycles. The molecule has 0 unspecified atom stereocenters. The molecule has 0 saturated heterocycles. The monoisotopic (exact) mass is 478 g/mol. The van der Waals surface area contributed by atoms with Crippen molar-refractivity contribution in [1.82, 2.24) is 4.98 Å². The van der Waals surface area contributed by atoms with Crippen LogP contribution in [0.25, 0.3) is 6.08 Å². The minimum Gasteiger partial charge on any atom is -0.496 e. The molecule has 0 spiro atoms. The number of benzene rings is 1. The third-order valence-electron chi connectivity index (χ3n) is 4.32. The number of esters is 1. The molecule has 0 aliphatic rings. The molecule has 0 aliphatic heterocycles. The number of carbonyl (C=O) groups is 1. The van der Waals surface area contributed by atoms with Crippen LogP contribution in [0, 0.1) is 0 Å². The van der Waals surface area contributed by atoms with Crippen LogP contribution in [-0.4, -0.2) is 54.9 Å². The van der Waals surface area contributed by atoms with E-state index in [2.05, 4.69) is 15.0 Å². The second-order valence-corrected chi connectivity index (χ2v) is 8.34. The minimum absolute atomic E-state index is 0.230. The van der Waals surface area contributed by atoms with Gasteiger partial charge < -0.3 is 29.0 Å². The van der Waals surface area contributed by atoms with Gasteiger partial charge in [-0.05, 0) is 17.7 Å². The maximum Gasteiger partial charge on any atom is 0.331 e. The van der Waals surface area contributed by atoms with Gasteiger partial charge in [-0.25, -0.2) is 18.2 Å². The summed E-state index contributed by atoms with van der Waals surface area (Å²) in [5.74, 6) is 0.655. The molecule has 33 heavy (non-hydrogen) atoms. The van der Waals surface area contributed by atoms with Crippen LogP contribution < -0.4 is 24.3 Å². The fourth-order valence-electron chi connectivity index (χ4n) is 2.76. The van der Waals surface area contributed by atoms with E-state index in [1.807, 2.05) is 0 Å². The predicted octanol–water partition coefficient (Wildman–Crippen LogP) is 2.80. The van der Waals surface area contributed by atoms with Crippen LogP contribution in [0.4, 0.5) is 5.69 Å². The number of ether oxygens (including phenoxy) is 5. The lowest BCUT2D eigenvalue weighted by Gasteiger charge is -2.12. The van der Waals surface area contributed by atoms with Crippen molar-refractivity contribution in [2.45, 2.75) is 5.75 Å². The molecule has 0 amide bonds. The van der Waals surface area contributed by atoms with Crippen LogP contribution in [0.2, 0.25) is 0 Å². The molecule has 0 atom stereocenters. The number of rotatable bonds is 11. The molecule has 0 fully saturated rings. The van der Waals surface area contributed by atoms with Crippen LogP contribution in [0.1, 0.15) is 11.1 Å². The second-order valence-electron chi connectivity index (χ2n) is 6.46. The number of methoxy groups -OCH3 is 5. The normalized spacial score (nSPS) is 11.4. The molecule has 0 bridgehead atoms. The summed E-state index contributed by atoms with van der Waals surface area (Å²) < 4.78 is 51.1. The topological polar surface area (TPSA) is 122 Å². The molecule has 1 aromatic heterocycles. The summed E-state index contributed by atoms with van der Waals surface area (Å²) in [4.78, 5) is 15.3. The van der Waals surface area contributed by atoms with E-state index < -0.39 is 15.8 Å². The van der Waals surface area contributed by atoms with E-state index in [1.54, 1.807) is 18.2 Å². The Labute approximate surface area is 192 Å². The summed E-state index contributed by atoms with van der Waals surface area (Å²) in [6, 6.07) is 4.82. The van der Waals surface area contributed by atoms with Gasteiger partial charge in [0.15, 0.2) is 9.84 Å². The van der Waals surface area contributed by atoms with Crippen LogP contribution in [0.15, 0.2) is 42.1 Å². The Hall–Kier alpha value is -3.73. The molecule has 0 saturated carbocycles. The van der Waals surface area contributed by atoms with Crippen LogP contribution in [-0.2, 0) is 25.1 Å². The van der Waals surface area contributed by atoms with Gasteiger partial charge in [-0.1, -0.05) is 0 Å². The highest BCUT2D eigenvalue weighted by Gasteiger charge is 2.15. The lowest BCUT2D eigenvalue weighted by Crippen LogP contribution is -2.04. The maximum absolute atomic E-state index is 12.8. The highest BCUT2D eigenvalue weighted by Crippen LogP contribution is 2.35. The molecule has 178 valence electrons. The number of anilines is 1. The zero-order valence-corrected chi connectivity index (χ0v) is 19.8. The first-order chi connectivity index (χ1) is 15.8. The lowest BCUT2D eigenvalue weighted by molar-refractivity contribution is -0.134. The van der Waals surface area contributed by atoms with E-state index >= 15 is 0 Å². The Morgan fingerprint density at radius 1 is 1.00 bits per heavy atom. The van der Waals surface area contributed by atoms with E-state index in [9.17, 15) is 13.2 Å². The van der Waals surface area contributed by atoms with E-state index in [4.69, 9.17) is 18.9 Å². The highest BCUT2D eigenvalue weighted by atomic mass is 32.2. The molecular formula is C22H26N2O8S. The Kier molecular flexibility index (Phi) is 9.10. The number of aromatic nitrogens is 1. The molecule has 11 heteroatoms. The number of pyridine rings is 1. The van der Waals surface area contributed by atoms with Gasteiger partial charge in [0.25, 0.3) is 0 Å². The summed E-state index contributed by atoms with van der Waals surface area (Å²) in [5.41, 5.74) is 1.24. The van der Waals surface area contributed by atoms with Crippen molar-refractivity contribution in [2.75, 3.05) is 40.9 Å². The number of nitrogens with one attached hydrogen (secondary N) is 1. The lowest BCUT2D eigenvalue weighted by atomic mass is 10.1.